The second-order valence-electron chi connectivity index (χ2n) is 2.14. The number of hydrogen-bond donors (Lipinski definition) is 1. The second kappa shape index (κ2) is 4.38. The molecule has 1 aromatic rings. The van der Waals surface area contributed by atoms with Gasteiger partial charge in [-0.1, -0.05) is 0 Å². The van der Waals surface area contributed by atoms with Crippen LogP contribution in [0.25, 0.3) is 0 Å². The molecule has 0 saturated carbocycles. The summed E-state index contributed by atoms with van der Waals surface area (Å²) in [6.07, 6.45) is 0. The highest BCUT2D eigenvalue weighted by atomic mass is 79.9. The minimum absolute atomic E-state index is 0.200. The van der Waals surface area contributed by atoms with Gasteiger partial charge in [0.1, 0.15) is 10.3 Å². The summed E-state index contributed by atoms with van der Waals surface area (Å²) in [6, 6.07) is 0. The molecule has 1 rings (SSSR count). The summed E-state index contributed by atoms with van der Waals surface area (Å²) in [4.78, 5) is 7.95. The van der Waals surface area contributed by atoms with E-state index in [1.54, 1.807) is 0 Å². The maximum Gasteiger partial charge on any atom is 0.278 e. The third-order valence-corrected chi connectivity index (χ3v) is 2.03. The number of halogens is 1. The number of aliphatic hydroxyl groups excluding tert-OH is 1. The molecule has 1 heterocycles. The lowest BCUT2D eigenvalue weighted by molar-refractivity contribution is 0.268. The molecule has 0 spiro atoms. The highest BCUT2D eigenvalue weighted by Crippen LogP contribution is 2.25. The van der Waals surface area contributed by atoms with Crippen molar-refractivity contribution in [3.63, 3.8) is 0 Å². The van der Waals surface area contributed by atoms with Gasteiger partial charge in [-0.3, -0.25) is 0 Å². The average molecular weight is 249 g/mol. The average Bonchev–Trinajstić information content (AvgIpc) is 2.17. The molecule has 1 aromatic heterocycles. The smallest absolute Gasteiger partial charge is 0.278 e. The summed E-state index contributed by atoms with van der Waals surface area (Å²) in [5.41, 5.74) is 0.414. The Morgan fingerprint density at radius 3 is 2.23 bits per heavy atom. The molecule has 0 aliphatic rings. The lowest BCUT2D eigenvalue weighted by Gasteiger charge is -2.07. The molecule has 13 heavy (non-hydrogen) atoms. The van der Waals surface area contributed by atoms with Crippen LogP contribution in [0.2, 0.25) is 0 Å². The molecular formula is C7H9BrN2O3. The molecule has 0 aliphatic carbocycles. The number of nitrogens with zero attached hydrogens (tertiary/aromatic N) is 2. The van der Waals surface area contributed by atoms with E-state index < -0.39 is 0 Å². The van der Waals surface area contributed by atoms with Gasteiger partial charge in [0.2, 0.25) is 0 Å². The summed E-state index contributed by atoms with van der Waals surface area (Å²) in [5.74, 6) is 0.543. The molecular weight excluding hydrogens is 240 g/mol. The van der Waals surface area contributed by atoms with Gasteiger partial charge < -0.3 is 14.6 Å². The first-order valence-corrected chi connectivity index (χ1v) is 4.27. The van der Waals surface area contributed by atoms with E-state index in [0.717, 1.165) is 0 Å². The largest absolute Gasteiger partial charge is 0.477 e. The number of hydrogen-bond acceptors (Lipinski definition) is 5. The first-order chi connectivity index (χ1) is 6.22. The van der Waals surface area contributed by atoms with Crippen LogP contribution >= 0.6 is 15.9 Å². The van der Waals surface area contributed by atoms with Gasteiger partial charge in [-0.15, -0.1) is 0 Å². The summed E-state index contributed by atoms with van der Waals surface area (Å²) in [6.45, 7) is -0.200. The first kappa shape index (κ1) is 10.2. The fourth-order valence-corrected chi connectivity index (χ4v) is 1.16. The van der Waals surface area contributed by atoms with E-state index in [0.29, 0.717) is 10.3 Å². The molecule has 5 nitrogen and oxygen atoms in total. The Morgan fingerprint density at radius 1 is 1.23 bits per heavy atom. The van der Waals surface area contributed by atoms with Crippen molar-refractivity contribution in [3.05, 3.63) is 10.3 Å². The zero-order chi connectivity index (χ0) is 9.84. The molecule has 0 fully saturated rings. The zero-order valence-corrected chi connectivity index (χ0v) is 8.83. The molecule has 1 N–H and O–H groups in total. The Hall–Kier alpha value is -0.880. The Morgan fingerprint density at radius 2 is 1.77 bits per heavy atom. The topological polar surface area (TPSA) is 64.5 Å². The van der Waals surface area contributed by atoms with Gasteiger partial charge in [0.15, 0.2) is 0 Å². The van der Waals surface area contributed by atoms with Crippen LogP contribution in [0.5, 0.6) is 11.8 Å². The number of aliphatic hydroxyl groups is 1. The lowest BCUT2D eigenvalue weighted by atomic mass is 10.5. The van der Waals surface area contributed by atoms with Gasteiger partial charge in [-0.05, 0) is 15.9 Å². The minimum atomic E-state index is -0.200. The van der Waals surface area contributed by atoms with E-state index in [-0.39, 0.29) is 18.4 Å². The van der Waals surface area contributed by atoms with Gasteiger partial charge in [-0.25, -0.2) is 4.98 Å². The fraction of sp³-hybridized carbons (Fsp3) is 0.429. The van der Waals surface area contributed by atoms with Crippen LogP contribution in [-0.4, -0.2) is 29.3 Å². The summed E-state index contributed by atoms with van der Waals surface area (Å²) >= 11 is 3.14. The Balaban J connectivity index is 3.18. The molecule has 0 aromatic carbocycles. The van der Waals surface area contributed by atoms with Crippen LogP contribution in [0.15, 0.2) is 4.60 Å². The van der Waals surface area contributed by atoms with E-state index in [1.807, 2.05) is 0 Å². The quantitative estimate of drug-likeness (QED) is 0.856. The van der Waals surface area contributed by atoms with Crippen LogP contribution in [0.4, 0.5) is 0 Å². The predicted octanol–water partition coefficient (Wildman–Crippen LogP) is 0.749. The molecule has 0 bridgehead atoms. The van der Waals surface area contributed by atoms with Crippen molar-refractivity contribution >= 4 is 15.9 Å². The van der Waals surface area contributed by atoms with Gasteiger partial charge in [0.05, 0.1) is 20.8 Å². The Labute approximate surface area is 83.9 Å². The van der Waals surface area contributed by atoms with Crippen LogP contribution in [0.1, 0.15) is 5.69 Å². The van der Waals surface area contributed by atoms with Crippen molar-refractivity contribution < 1.29 is 14.6 Å². The van der Waals surface area contributed by atoms with E-state index in [2.05, 4.69) is 25.9 Å². The van der Waals surface area contributed by atoms with Gasteiger partial charge in [0.25, 0.3) is 11.8 Å². The molecule has 72 valence electrons. The van der Waals surface area contributed by atoms with Gasteiger partial charge in [0, 0.05) is 0 Å². The van der Waals surface area contributed by atoms with E-state index in [1.165, 1.54) is 14.2 Å². The number of rotatable bonds is 3. The highest BCUT2D eigenvalue weighted by molar-refractivity contribution is 9.10. The second-order valence-corrected chi connectivity index (χ2v) is 2.89. The zero-order valence-electron chi connectivity index (χ0n) is 7.24. The Bertz CT molecular complexity index is 306. The molecule has 0 unspecified atom stereocenters. The Kier molecular flexibility index (Phi) is 3.44. The van der Waals surface area contributed by atoms with Crippen LogP contribution in [-0.2, 0) is 6.61 Å². The van der Waals surface area contributed by atoms with Crippen molar-refractivity contribution in [2.24, 2.45) is 0 Å². The normalized spacial score (nSPS) is 9.85. The first-order valence-electron chi connectivity index (χ1n) is 3.48. The van der Waals surface area contributed by atoms with Crippen LogP contribution in [0.3, 0.4) is 0 Å². The number of aromatic nitrogens is 2. The lowest BCUT2D eigenvalue weighted by Crippen LogP contribution is -2.01. The third kappa shape index (κ3) is 2.07. The SMILES string of the molecule is COc1nc(Br)c(CO)nc1OC. The van der Waals surface area contributed by atoms with Gasteiger partial charge >= 0.3 is 0 Å². The summed E-state index contributed by atoms with van der Waals surface area (Å²) in [5, 5.41) is 8.87. The van der Waals surface area contributed by atoms with Crippen LogP contribution in [0, 0.1) is 0 Å². The van der Waals surface area contributed by atoms with Crippen molar-refractivity contribution in [3.8, 4) is 11.8 Å². The van der Waals surface area contributed by atoms with Crippen molar-refractivity contribution in [1.29, 1.82) is 0 Å². The standard InChI is InChI=1S/C7H9BrN2O3/c1-12-6-7(13-2)10-5(8)4(3-11)9-6/h11H,3H2,1-2H3. The molecule has 0 aliphatic heterocycles. The highest BCUT2D eigenvalue weighted by Gasteiger charge is 2.11. The van der Waals surface area contributed by atoms with Gasteiger partial charge in [-0.2, -0.15) is 4.98 Å². The van der Waals surface area contributed by atoms with E-state index in [4.69, 9.17) is 14.6 Å². The molecule has 0 amide bonds. The number of ether oxygens (including phenoxy) is 2. The molecule has 0 saturated heterocycles. The van der Waals surface area contributed by atoms with E-state index in [9.17, 15) is 0 Å². The van der Waals surface area contributed by atoms with Crippen LogP contribution < -0.4 is 9.47 Å². The monoisotopic (exact) mass is 248 g/mol. The molecule has 0 radical (unpaired) electrons. The van der Waals surface area contributed by atoms with Crippen molar-refractivity contribution in [1.82, 2.24) is 9.97 Å². The summed E-state index contributed by atoms with van der Waals surface area (Å²) in [7, 11) is 2.93. The fourth-order valence-electron chi connectivity index (χ4n) is 0.785. The molecule has 6 heteroatoms. The van der Waals surface area contributed by atoms with Crippen molar-refractivity contribution in [2.45, 2.75) is 6.61 Å². The maximum absolute atomic E-state index is 8.87. The summed E-state index contributed by atoms with van der Waals surface area (Å²) < 4.78 is 10.3. The predicted molar refractivity (Wildman–Crippen MR) is 48.8 cm³/mol. The minimum Gasteiger partial charge on any atom is -0.477 e. The maximum atomic E-state index is 8.87. The van der Waals surface area contributed by atoms with E-state index >= 15 is 0 Å². The third-order valence-electron chi connectivity index (χ3n) is 1.39. The van der Waals surface area contributed by atoms with Crippen molar-refractivity contribution in [2.75, 3.05) is 14.2 Å². The number of methoxy groups -OCH3 is 2. The molecule has 0 atom stereocenters.